The van der Waals surface area contributed by atoms with Crippen LogP contribution in [0.2, 0.25) is 5.02 Å². The molecule has 0 amide bonds. The standard InChI is InChI=1S/C13H18ClO2/c1-3-4-5-6-9-16-13-8-7-11(15-2)10-12(13)14/h7-8,10H,1,3-6,9H2,2H3. The van der Waals surface area contributed by atoms with E-state index < -0.39 is 0 Å². The zero-order valence-corrected chi connectivity index (χ0v) is 10.4. The molecule has 0 unspecified atom stereocenters. The summed E-state index contributed by atoms with van der Waals surface area (Å²) in [5.41, 5.74) is 0. The molecular formula is C13H18ClO2. The lowest BCUT2D eigenvalue weighted by atomic mass is 10.2. The lowest BCUT2D eigenvalue weighted by Crippen LogP contribution is -1.97. The zero-order valence-electron chi connectivity index (χ0n) is 9.67. The van der Waals surface area contributed by atoms with Crippen molar-refractivity contribution in [2.45, 2.75) is 25.7 Å². The van der Waals surface area contributed by atoms with Crippen molar-refractivity contribution in [2.24, 2.45) is 0 Å². The predicted molar refractivity (Wildman–Crippen MR) is 67.3 cm³/mol. The third-order valence-electron chi connectivity index (χ3n) is 2.29. The van der Waals surface area contributed by atoms with Crippen molar-refractivity contribution in [1.82, 2.24) is 0 Å². The lowest BCUT2D eigenvalue weighted by molar-refractivity contribution is 0.305. The minimum Gasteiger partial charge on any atom is -0.497 e. The molecule has 0 aliphatic rings. The Hall–Kier alpha value is -0.890. The van der Waals surface area contributed by atoms with E-state index in [2.05, 4.69) is 6.92 Å². The molecule has 1 aromatic rings. The van der Waals surface area contributed by atoms with Gasteiger partial charge in [-0.15, -0.1) is 0 Å². The Morgan fingerprint density at radius 2 is 2.06 bits per heavy atom. The number of halogens is 1. The predicted octanol–water partition coefficient (Wildman–Crippen LogP) is 4.12. The second-order valence-electron chi connectivity index (χ2n) is 3.56. The molecule has 0 N–H and O–H groups in total. The molecular weight excluding hydrogens is 224 g/mol. The van der Waals surface area contributed by atoms with Gasteiger partial charge in [0.2, 0.25) is 0 Å². The van der Waals surface area contributed by atoms with Crippen LogP contribution < -0.4 is 9.47 Å². The van der Waals surface area contributed by atoms with Crippen molar-refractivity contribution >= 4 is 11.6 Å². The summed E-state index contributed by atoms with van der Waals surface area (Å²) in [5, 5.41) is 0.594. The molecule has 0 fully saturated rings. The molecule has 89 valence electrons. The molecule has 2 nitrogen and oxygen atoms in total. The number of unbranched alkanes of at least 4 members (excludes halogenated alkanes) is 3. The van der Waals surface area contributed by atoms with Crippen molar-refractivity contribution in [3.8, 4) is 11.5 Å². The highest BCUT2D eigenvalue weighted by Gasteiger charge is 2.02. The van der Waals surface area contributed by atoms with Gasteiger partial charge in [-0.2, -0.15) is 0 Å². The first kappa shape index (κ1) is 13.2. The molecule has 0 saturated carbocycles. The molecule has 0 bridgehead atoms. The van der Waals surface area contributed by atoms with Crippen LogP contribution in [-0.2, 0) is 0 Å². The van der Waals surface area contributed by atoms with Gasteiger partial charge in [0.1, 0.15) is 11.5 Å². The van der Waals surface area contributed by atoms with Gasteiger partial charge in [-0.25, -0.2) is 0 Å². The van der Waals surface area contributed by atoms with E-state index in [4.69, 9.17) is 21.1 Å². The van der Waals surface area contributed by atoms with Crippen molar-refractivity contribution < 1.29 is 9.47 Å². The summed E-state index contributed by atoms with van der Waals surface area (Å²) in [4.78, 5) is 0. The summed E-state index contributed by atoms with van der Waals surface area (Å²) in [6, 6.07) is 5.44. The second-order valence-corrected chi connectivity index (χ2v) is 3.97. The third-order valence-corrected chi connectivity index (χ3v) is 2.59. The molecule has 16 heavy (non-hydrogen) atoms. The van der Waals surface area contributed by atoms with Crippen LogP contribution in [0.15, 0.2) is 18.2 Å². The monoisotopic (exact) mass is 241 g/mol. The first-order valence-electron chi connectivity index (χ1n) is 5.53. The van der Waals surface area contributed by atoms with E-state index in [1.807, 2.05) is 12.1 Å². The number of methoxy groups -OCH3 is 1. The maximum atomic E-state index is 6.03. The normalized spacial score (nSPS) is 10.2. The Labute approximate surface area is 103 Å². The molecule has 1 radical (unpaired) electrons. The molecule has 0 atom stereocenters. The number of rotatable bonds is 7. The Morgan fingerprint density at radius 1 is 1.25 bits per heavy atom. The highest BCUT2D eigenvalue weighted by molar-refractivity contribution is 6.32. The highest BCUT2D eigenvalue weighted by atomic mass is 35.5. The van der Waals surface area contributed by atoms with Gasteiger partial charge in [0.15, 0.2) is 0 Å². The molecule has 1 aromatic carbocycles. The zero-order chi connectivity index (χ0) is 11.8. The Balaban J connectivity index is 2.36. The molecule has 0 saturated heterocycles. The van der Waals surface area contributed by atoms with Gasteiger partial charge in [0.25, 0.3) is 0 Å². The number of hydrogen-bond acceptors (Lipinski definition) is 2. The van der Waals surface area contributed by atoms with E-state index in [1.54, 1.807) is 13.2 Å². The smallest absolute Gasteiger partial charge is 0.138 e. The van der Waals surface area contributed by atoms with Crippen LogP contribution in [0, 0.1) is 6.92 Å². The van der Waals surface area contributed by atoms with Crippen LogP contribution in [0.3, 0.4) is 0 Å². The number of hydrogen-bond donors (Lipinski definition) is 0. The van der Waals surface area contributed by atoms with Crippen LogP contribution >= 0.6 is 11.6 Å². The van der Waals surface area contributed by atoms with E-state index in [0.717, 1.165) is 37.2 Å². The van der Waals surface area contributed by atoms with Crippen LogP contribution in [-0.4, -0.2) is 13.7 Å². The van der Waals surface area contributed by atoms with Gasteiger partial charge >= 0.3 is 0 Å². The molecule has 0 spiro atoms. The quantitative estimate of drug-likeness (QED) is 0.669. The topological polar surface area (TPSA) is 18.5 Å². The van der Waals surface area contributed by atoms with Crippen molar-refractivity contribution in [3.05, 3.63) is 30.1 Å². The van der Waals surface area contributed by atoms with Crippen LogP contribution in [0.1, 0.15) is 25.7 Å². The van der Waals surface area contributed by atoms with Gasteiger partial charge in [-0.1, -0.05) is 37.8 Å². The van der Waals surface area contributed by atoms with Crippen LogP contribution in [0.25, 0.3) is 0 Å². The summed E-state index contributed by atoms with van der Waals surface area (Å²) in [6.07, 6.45) is 4.33. The maximum Gasteiger partial charge on any atom is 0.138 e. The molecule has 0 aliphatic carbocycles. The van der Waals surface area contributed by atoms with Crippen molar-refractivity contribution in [3.63, 3.8) is 0 Å². The van der Waals surface area contributed by atoms with Crippen molar-refractivity contribution in [1.29, 1.82) is 0 Å². The van der Waals surface area contributed by atoms with E-state index in [0.29, 0.717) is 11.6 Å². The summed E-state index contributed by atoms with van der Waals surface area (Å²) < 4.78 is 10.6. The molecule has 1 rings (SSSR count). The average molecular weight is 242 g/mol. The third kappa shape index (κ3) is 4.31. The molecule has 3 heteroatoms. The fourth-order valence-electron chi connectivity index (χ4n) is 1.36. The van der Waals surface area contributed by atoms with Gasteiger partial charge < -0.3 is 9.47 Å². The summed E-state index contributed by atoms with van der Waals surface area (Å²) >= 11 is 6.03. The second kappa shape index (κ2) is 7.39. The van der Waals surface area contributed by atoms with E-state index in [1.165, 1.54) is 0 Å². The summed E-state index contributed by atoms with van der Waals surface area (Å²) in [7, 11) is 1.62. The van der Waals surface area contributed by atoms with Crippen LogP contribution in [0.5, 0.6) is 11.5 Å². The van der Waals surface area contributed by atoms with Gasteiger partial charge in [-0.3, -0.25) is 0 Å². The number of benzene rings is 1. The average Bonchev–Trinajstić information content (AvgIpc) is 2.30. The van der Waals surface area contributed by atoms with Crippen molar-refractivity contribution in [2.75, 3.05) is 13.7 Å². The van der Waals surface area contributed by atoms with E-state index >= 15 is 0 Å². The Kier molecular flexibility index (Phi) is 6.09. The SMILES string of the molecule is [CH2]CCCCCOc1ccc(OC)cc1Cl. The number of ether oxygens (including phenoxy) is 2. The Morgan fingerprint density at radius 3 is 2.69 bits per heavy atom. The lowest BCUT2D eigenvalue weighted by Gasteiger charge is -2.08. The highest BCUT2D eigenvalue weighted by Crippen LogP contribution is 2.28. The minimum absolute atomic E-state index is 0.594. The van der Waals surface area contributed by atoms with E-state index in [9.17, 15) is 0 Å². The van der Waals surface area contributed by atoms with E-state index in [-0.39, 0.29) is 0 Å². The van der Waals surface area contributed by atoms with Gasteiger partial charge in [0, 0.05) is 6.07 Å². The fourth-order valence-corrected chi connectivity index (χ4v) is 1.59. The summed E-state index contributed by atoms with van der Waals surface area (Å²) in [5.74, 6) is 1.46. The first-order valence-corrected chi connectivity index (χ1v) is 5.91. The largest absolute Gasteiger partial charge is 0.497 e. The fraction of sp³-hybridized carbons (Fsp3) is 0.462. The molecule has 0 aliphatic heterocycles. The summed E-state index contributed by atoms with van der Waals surface area (Å²) in [6.45, 7) is 4.50. The Bertz CT molecular complexity index is 313. The molecule has 0 heterocycles. The van der Waals surface area contributed by atoms with Gasteiger partial charge in [-0.05, 0) is 18.6 Å². The first-order chi connectivity index (χ1) is 7.77. The van der Waals surface area contributed by atoms with Gasteiger partial charge in [0.05, 0.1) is 18.7 Å². The minimum atomic E-state index is 0.594. The maximum absolute atomic E-state index is 6.03. The van der Waals surface area contributed by atoms with Crippen LogP contribution in [0.4, 0.5) is 0 Å². The molecule has 0 aromatic heterocycles.